The molecule has 1 rings (SSSR count). The van der Waals surface area contributed by atoms with Crippen molar-refractivity contribution in [1.82, 2.24) is 0 Å². The Hall–Kier alpha value is -1.60. The topological polar surface area (TPSA) is 64.2 Å². The summed E-state index contributed by atoms with van der Waals surface area (Å²) in [5, 5.41) is 26.4. The van der Waals surface area contributed by atoms with Gasteiger partial charge in [0.05, 0.1) is 5.56 Å². The van der Waals surface area contributed by atoms with E-state index in [9.17, 15) is 9.50 Å². The fourth-order valence-corrected chi connectivity index (χ4v) is 1.05. The molecule has 0 aliphatic rings. The number of nitrogens with zero attached hydrogens (tertiary/aromatic N) is 1. The molecule has 0 atom stereocenters. The molecule has 0 aliphatic carbocycles. The summed E-state index contributed by atoms with van der Waals surface area (Å²) in [5.41, 5.74) is 0.00593. The van der Waals surface area contributed by atoms with E-state index in [4.69, 9.17) is 10.4 Å². The third-order valence-corrected chi connectivity index (χ3v) is 1.71. The molecule has 1 aromatic rings. The summed E-state index contributed by atoms with van der Waals surface area (Å²) in [6.45, 7) is -0.265. The fourth-order valence-electron chi connectivity index (χ4n) is 1.05. The second-order valence-corrected chi connectivity index (χ2v) is 2.51. The molecule has 0 radical (unpaired) electrons. The van der Waals surface area contributed by atoms with Crippen LogP contribution >= 0.6 is 0 Å². The van der Waals surface area contributed by atoms with Crippen LogP contribution < -0.4 is 0 Å². The third-order valence-electron chi connectivity index (χ3n) is 1.71. The minimum Gasteiger partial charge on any atom is -0.506 e. The summed E-state index contributed by atoms with van der Waals surface area (Å²) < 4.78 is 13.0. The summed E-state index contributed by atoms with van der Waals surface area (Å²) >= 11 is 0. The maximum Gasteiger partial charge on any atom is 0.139 e. The second-order valence-electron chi connectivity index (χ2n) is 2.51. The Balaban J connectivity index is 3.23. The number of aliphatic hydroxyl groups excluding tert-OH is 1. The predicted molar refractivity (Wildman–Crippen MR) is 43.6 cm³/mol. The van der Waals surface area contributed by atoms with Gasteiger partial charge in [-0.2, -0.15) is 5.26 Å². The van der Waals surface area contributed by atoms with E-state index in [0.29, 0.717) is 0 Å². The molecule has 0 amide bonds. The molecule has 4 heteroatoms. The van der Waals surface area contributed by atoms with Crippen LogP contribution in [0.3, 0.4) is 0 Å². The van der Waals surface area contributed by atoms with Gasteiger partial charge in [0.25, 0.3) is 0 Å². The molecule has 0 heterocycles. The van der Waals surface area contributed by atoms with E-state index in [1.54, 1.807) is 6.07 Å². The van der Waals surface area contributed by atoms with Gasteiger partial charge in [-0.15, -0.1) is 0 Å². The normalized spacial score (nSPS) is 9.62. The van der Waals surface area contributed by atoms with Gasteiger partial charge in [-0.1, -0.05) is 0 Å². The molecule has 1 aromatic carbocycles. The van der Waals surface area contributed by atoms with Gasteiger partial charge < -0.3 is 10.2 Å². The molecular formula is C9H8FNO2. The van der Waals surface area contributed by atoms with Crippen LogP contribution in [0.2, 0.25) is 0 Å². The average molecular weight is 181 g/mol. The van der Waals surface area contributed by atoms with Gasteiger partial charge in [0, 0.05) is 18.6 Å². The number of halogens is 1. The van der Waals surface area contributed by atoms with Crippen LogP contribution in [0.5, 0.6) is 5.75 Å². The smallest absolute Gasteiger partial charge is 0.139 e. The van der Waals surface area contributed by atoms with Gasteiger partial charge in [0.15, 0.2) is 0 Å². The summed E-state index contributed by atoms with van der Waals surface area (Å²) in [6, 6.07) is 4.02. The first-order valence-corrected chi connectivity index (χ1v) is 3.72. The molecule has 0 spiro atoms. The highest BCUT2D eigenvalue weighted by Gasteiger charge is 2.11. The zero-order chi connectivity index (χ0) is 9.84. The number of aliphatic hydroxyl groups is 1. The molecule has 2 N–H and O–H groups in total. The SMILES string of the molecule is N#Cc1ccc(F)c(CCO)c1O. The lowest BCUT2D eigenvalue weighted by atomic mass is 10.1. The van der Waals surface area contributed by atoms with Crippen molar-refractivity contribution >= 4 is 0 Å². The quantitative estimate of drug-likeness (QED) is 0.713. The van der Waals surface area contributed by atoms with Crippen LogP contribution in [0, 0.1) is 17.1 Å². The average Bonchev–Trinajstić information content (AvgIpc) is 2.12. The van der Waals surface area contributed by atoms with Gasteiger partial charge in [-0.05, 0) is 12.1 Å². The van der Waals surface area contributed by atoms with Crippen LogP contribution in [0.25, 0.3) is 0 Å². The van der Waals surface area contributed by atoms with E-state index in [-0.39, 0.29) is 29.9 Å². The standard InChI is InChI=1S/C9H8FNO2/c10-8-2-1-6(5-11)9(13)7(8)3-4-12/h1-2,12-13H,3-4H2. The van der Waals surface area contributed by atoms with Crippen LogP contribution in [0.15, 0.2) is 12.1 Å². The molecule has 0 saturated carbocycles. The first-order chi connectivity index (χ1) is 6.20. The van der Waals surface area contributed by atoms with E-state index >= 15 is 0 Å². The van der Waals surface area contributed by atoms with E-state index in [1.165, 1.54) is 6.07 Å². The lowest BCUT2D eigenvalue weighted by molar-refractivity contribution is 0.295. The van der Waals surface area contributed by atoms with Crippen molar-refractivity contribution in [1.29, 1.82) is 5.26 Å². The maximum absolute atomic E-state index is 13.0. The number of phenolic OH excluding ortho intramolecular Hbond substituents is 1. The van der Waals surface area contributed by atoms with Gasteiger partial charge in [-0.3, -0.25) is 0 Å². The number of aromatic hydroxyl groups is 1. The van der Waals surface area contributed by atoms with Crippen molar-refractivity contribution in [3.05, 3.63) is 29.1 Å². The van der Waals surface area contributed by atoms with Crippen LogP contribution in [-0.4, -0.2) is 16.8 Å². The van der Waals surface area contributed by atoms with Crippen LogP contribution in [0.4, 0.5) is 4.39 Å². The Bertz CT molecular complexity index is 357. The molecule has 68 valence electrons. The predicted octanol–water partition coefficient (Wildman–Crippen LogP) is 0.938. The molecular weight excluding hydrogens is 173 g/mol. The number of hydrogen-bond donors (Lipinski definition) is 2. The third kappa shape index (κ3) is 1.76. The largest absolute Gasteiger partial charge is 0.506 e. The zero-order valence-corrected chi connectivity index (χ0v) is 6.79. The molecule has 0 fully saturated rings. The molecule has 0 unspecified atom stereocenters. The summed E-state index contributed by atoms with van der Waals surface area (Å²) in [7, 11) is 0. The number of hydrogen-bond acceptors (Lipinski definition) is 3. The summed E-state index contributed by atoms with van der Waals surface area (Å²) in [5.74, 6) is -0.984. The van der Waals surface area contributed by atoms with Crippen LogP contribution in [0.1, 0.15) is 11.1 Å². The highest BCUT2D eigenvalue weighted by atomic mass is 19.1. The van der Waals surface area contributed by atoms with Crippen molar-refractivity contribution in [2.75, 3.05) is 6.61 Å². The first kappa shape index (κ1) is 9.49. The maximum atomic E-state index is 13.0. The van der Waals surface area contributed by atoms with Gasteiger partial charge in [0.1, 0.15) is 17.6 Å². The highest BCUT2D eigenvalue weighted by molar-refractivity contribution is 5.48. The van der Waals surface area contributed by atoms with E-state index in [2.05, 4.69) is 0 Å². The van der Waals surface area contributed by atoms with Crippen molar-refractivity contribution < 1.29 is 14.6 Å². The Kier molecular flexibility index (Phi) is 2.83. The molecule has 13 heavy (non-hydrogen) atoms. The Labute approximate surface area is 74.7 Å². The lowest BCUT2D eigenvalue weighted by Gasteiger charge is -2.04. The molecule has 0 saturated heterocycles. The summed E-state index contributed by atoms with van der Waals surface area (Å²) in [6.07, 6.45) is 0.00713. The lowest BCUT2D eigenvalue weighted by Crippen LogP contribution is -1.97. The Morgan fingerprint density at radius 2 is 2.15 bits per heavy atom. The van der Waals surface area contributed by atoms with Gasteiger partial charge >= 0.3 is 0 Å². The van der Waals surface area contributed by atoms with E-state index < -0.39 is 5.82 Å². The molecule has 0 aliphatic heterocycles. The minimum atomic E-state index is -0.606. The minimum absolute atomic E-state index is 0.00713. The molecule has 0 bridgehead atoms. The first-order valence-electron chi connectivity index (χ1n) is 3.72. The van der Waals surface area contributed by atoms with Gasteiger partial charge in [-0.25, -0.2) is 4.39 Å². The Morgan fingerprint density at radius 1 is 1.46 bits per heavy atom. The van der Waals surface area contributed by atoms with E-state index in [1.807, 2.05) is 0 Å². The highest BCUT2D eigenvalue weighted by Crippen LogP contribution is 2.24. The van der Waals surface area contributed by atoms with E-state index in [0.717, 1.165) is 6.07 Å². The number of phenols is 1. The van der Waals surface area contributed by atoms with Crippen molar-refractivity contribution in [2.24, 2.45) is 0 Å². The van der Waals surface area contributed by atoms with Crippen molar-refractivity contribution in [3.63, 3.8) is 0 Å². The molecule has 3 nitrogen and oxygen atoms in total. The number of rotatable bonds is 2. The monoisotopic (exact) mass is 181 g/mol. The fraction of sp³-hybridized carbons (Fsp3) is 0.222. The number of benzene rings is 1. The van der Waals surface area contributed by atoms with Crippen molar-refractivity contribution in [2.45, 2.75) is 6.42 Å². The summed E-state index contributed by atoms with van der Waals surface area (Å²) in [4.78, 5) is 0. The van der Waals surface area contributed by atoms with Crippen molar-refractivity contribution in [3.8, 4) is 11.8 Å². The zero-order valence-electron chi connectivity index (χ0n) is 6.79. The van der Waals surface area contributed by atoms with Gasteiger partial charge in [0.2, 0.25) is 0 Å². The second kappa shape index (κ2) is 3.87. The van der Waals surface area contributed by atoms with Crippen LogP contribution in [-0.2, 0) is 6.42 Å². The number of nitriles is 1. The molecule has 0 aromatic heterocycles. The Morgan fingerprint density at radius 3 is 2.69 bits per heavy atom.